The average molecular weight is 558 g/mol. The van der Waals surface area contributed by atoms with Crippen LogP contribution in [0.5, 0.6) is 5.75 Å². The molecular formula is C24H36FIN4O2. The third-order valence-electron chi connectivity index (χ3n) is 4.57. The van der Waals surface area contributed by atoms with Gasteiger partial charge in [0.25, 0.3) is 0 Å². The fraction of sp³-hybridized carbons (Fsp3) is 0.458. The van der Waals surface area contributed by atoms with Crippen molar-refractivity contribution >= 4 is 29.9 Å². The number of aliphatic imine (C=N–C) groups is 1. The van der Waals surface area contributed by atoms with Gasteiger partial charge in [-0.15, -0.1) is 24.0 Å². The Morgan fingerprint density at radius 3 is 2.53 bits per heavy atom. The van der Waals surface area contributed by atoms with Gasteiger partial charge in [-0.25, -0.2) is 9.38 Å². The summed E-state index contributed by atoms with van der Waals surface area (Å²) >= 11 is 0. The van der Waals surface area contributed by atoms with Crippen molar-refractivity contribution in [2.75, 3.05) is 41.0 Å². The summed E-state index contributed by atoms with van der Waals surface area (Å²) in [7, 11) is 5.51. The number of hydrogen-bond acceptors (Lipinski definition) is 4. The first-order chi connectivity index (χ1) is 14.9. The highest BCUT2D eigenvalue weighted by Gasteiger charge is 2.08. The van der Waals surface area contributed by atoms with Gasteiger partial charge in [0.05, 0.1) is 13.2 Å². The first-order valence-corrected chi connectivity index (χ1v) is 10.6. The molecule has 0 bridgehead atoms. The Morgan fingerprint density at radius 2 is 1.84 bits per heavy atom. The van der Waals surface area contributed by atoms with E-state index in [2.05, 4.69) is 27.8 Å². The largest absolute Gasteiger partial charge is 0.491 e. The van der Waals surface area contributed by atoms with Gasteiger partial charge in [-0.2, -0.15) is 0 Å². The van der Waals surface area contributed by atoms with Crippen LogP contribution in [0, 0.1) is 12.7 Å². The van der Waals surface area contributed by atoms with E-state index in [4.69, 9.17) is 9.47 Å². The first-order valence-electron chi connectivity index (χ1n) is 10.6. The normalized spacial score (nSPS) is 11.3. The van der Waals surface area contributed by atoms with Gasteiger partial charge < -0.3 is 25.0 Å². The summed E-state index contributed by atoms with van der Waals surface area (Å²) in [5.74, 6) is 1.35. The third kappa shape index (κ3) is 9.70. The second-order valence-corrected chi connectivity index (χ2v) is 7.66. The zero-order chi connectivity index (χ0) is 22.6. The first kappa shape index (κ1) is 28.1. The van der Waals surface area contributed by atoms with Crippen molar-refractivity contribution in [3.8, 4) is 5.75 Å². The highest BCUT2D eigenvalue weighted by molar-refractivity contribution is 14.0. The molecule has 0 unspecified atom stereocenters. The van der Waals surface area contributed by atoms with E-state index in [1.807, 2.05) is 45.0 Å². The summed E-state index contributed by atoms with van der Waals surface area (Å²) in [6.45, 7) is 7.44. The van der Waals surface area contributed by atoms with Crippen LogP contribution in [0.3, 0.4) is 0 Å². The van der Waals surface area contributed by atoms with Crippen molar-refractivity contribution in [2.24, 2.45) is 4.99 Å². The van der Waals surface area contributed by atoms with E-state index in [1.54, 1.807) is 13.2 Å². The predicted octanol–water partition coefficient (Wildman–Crippen LogP) is 4.09. The quantitative estimate of drug-likeness (QED) is 0.188. The summed E-state index contributed by atoms with van der Waals surface area (Å²) in [6.07, 6.45) is 0. The Kier molecular flexibility index (Phi) is 13.2. The van der Waals surface area contributed by atoms with Crippen molar-refractivity contribution in [3.05, 3.63) is 64.5 Å². The van der Waals surface area contributed by atoms with E-state index in [0.29, 0.717) is 44.4 Å². The maximum atomic E-state index is 14.0. The average Bonchev–Trinajstić information content (AvgIpc) is 2.73. The third-order valence-corrected chi connectivity index (χ3v) is 4.57. The molecule has 0 aliphatic rings. The number of halogens is 2. The van der Waals surface area contributed by atoms with Gasteiger partial charge in [-0.1, -0.05) is 18.2 Å². The molecule has 0 radical (unpaired) electrons. The van der Waals surface area contributed by atoms with E-state index in [-0.39, 0.29) is 29.8 Å². The number of benzene rings is 2. The van der Waals surface area contributed by atoms with Crippen LogP contribution in [-0.4, -0.2) is 51.8 Å². The van der Waals surface area contributed by atoms with Gasteiger partial charge in [0, 0.05) is 37.9 Å². The van der Waals surface area contributed by atoms with Crippen molar-refractivity contribution in [3.63, 3.8) is 0 Å². The van der Waals surface area contributed by atoms with Crippen LogP contribution >= 0.6 is 24.0 Å². The molecule has 32 heavy (non-hydrogen) atoms. The monoisotopic (exact) mass is 558 g/mol. The molecule has 8 heteroatoms. The lowest BCUT2D eigenvalue weighted by atomic mass is 10.1. The number of nitrogens with one attached hydrogen (secondary N) is 2. The van der Waals surface area contributed by atoms with Crippen LogP contribution in [-0.2, 0) is 24.4 Å². The van der Waals surface area contributed by atoms with E-state index in [1.165, 1.54) is 6.07 Å². The van der Waals surface area contributed by atoms with Crippen LogP contribution in [0.25, 0.3) is 0 Å². The summed E-state index contributed by atoms with van der Waals surface area (Å²) in [4.78, 5) is 6.62. The van der Waals surface area contributed by atoms with Crippen molar-refractivity contribution in [2.45, 2.75) is 33.5 Å². The molecule has 0 atom stereocenters. The molecule has 0 spiro atoms. The molecule has 178 valence electrons. The molecule has 0 aliphatic heterocycles. The molecule has 0 fully saturated rings. The van der Waals surface area contributed by atoms with Crippen LogP contribution in [0.4, 0.5) is 4.39 Å². The Balaban J connectivity index is 0.00000512. The Labute approximate surface area is 208 Å². The summed E-state index contributed by atoms with van der Waals surface area (Å²) in [6, 6.07) is 11.3. The number of ether oxygens (including phenoxy) is 2. The molecule has 2 N–H and O–H groups in total. The van der Waals surface area contributed by atoms with Gasteiger partial charge in [-0.3, -0.25) is 0 Å². The smallest absolute Gasteiger partial charge is 0.191 e. The molecule has 0 amide bonds. The lowest BCUT2D eigenvalue weighted by Gasteiger charge is -2.15. The molecule has 2 aromatic rings. The van der Waals surface area contributed by atoms with Crippen molar-refractivity contribution < 1.29 is 13.9 Å². The van der Waals surface area contributed by atoms with Crippen LogP contribution in [0.1, 0.15) is 29.2 Å². The van der Waals surface area contributed by atoms with E-state index >= 15 is 0 Å². The second kappa shape index (κ2) is 15.0. The zero-order valence-corrected chi connectivity index (χ0v) is 22.0. The SMILES string of the molecule is CCNC(=NCc1ccc(F)c(CN(C)C)c1)NCc1ccc(C)cc1OCCOC.I. The minimum Gasteiger partial charge on any atom is -0.491 e. The zero-order valence-electron chi connectivity index (χ0n) is 19.7. The minimum absolute atomic E-state index is 0. The Bertz CT molecular complexity index is 862. The molecule has 0 saturated heterocycles. The lowest BCUT2D eigenvalue weighted by Crippen LogP contribution is -2.36. The number of hydrogen-bond donors (Lipinski definition) is 2. The Hall–Kier alpha value is -1.91. The minimum atomic E-state index is -0.188. The predicted molar refractivity (Wildman–Crippen MR) is 139 cm³/mol. The highest BCUT2D eigenvalue weighted by Crippen LogP contribution is 2.20. The molecule has 2 aromatic carbocycles. The molecule has 6 nitrogen and oxygen atoms in total. The lowest BCUT2D eigenvalue weighted by molar-refractivity contribution is 0.145. The molecule has 0 heterocycles. The van der Waals surface area contributed by atoms with Gasteiger partial charge in [0.2, 0.25) is 0 Å². The van der Waals surface area contributed by atoms with Gasteiger partial charge in [0.15, 0.2) is 5.96 Å². The number of aryl methyl sites for hydroxylation is 1. The van der Waals surface area contributed by atoms with Crippen LogP contribution in [0.15, 0.2) is 41.4 Å². The molecule has 0 saturated carbocycles. The fourth-order valence-electron chi connectivity index (χ4n) is 3.06. The maximum absolute atomic E-state index is 14.0. The van der Waals surface area contributed by atoms with Crippen LogP contribution < -0.4 is 15.4 Å². The molecule has 0 aliphatic carbocycles. The summed E-state index contributed by atoms with van der Waals surface area (Å²) in [5.41, 5.74) is 3.83. The van der Waals surface area contributed by atoms with Crippen molar-refractivity contribution in [1.82, 2.24) is 15.5 Å². The Morgan fingerprint density at radius 1 is 1.06 bits per heavy atom. The van der Waals surface area contributed by atoms with Crippen molar-refractivity contribution in [1.29, 1.82) is 0 Å². The van der Waals surface area contributed by atoms with E-state index in [0.717, 1.165) is 29.0 Å². The fourth-order valence-corrected chi connectivity index (χ4v) is 3.06. The molecule has 2 rings (SSSR count). The number of nitrogens with zero attached hydrogens (tertiary/aromatic N) is 2. The molecular weight excluding hydrogens is 522 g/mol. The van der Waals surface area contributed by atoms with Gasteiger partial charge >= 0.3 is 0 Å². The van der Waals surface area contributed by atoms with E-state index < -0.39 is 0 Å². The number of guanidine groups is 1. The maximum Gasteiger partial charge on any atom is 0.191 e. The summed E-state index contributed by atoms with van der Waals surface area (Å²) < 4.78 is 25.0. The number of methoxy groups -OCH3 is 1. The van der Waals surface area contributed by atoms with E-state index in [9.17, 15) is 4.39 Å². The second-order valence-electron chi connectivity index (χ2n) is 7.66. The van der Waals surface area contributed by atoms with Gasteiger partial charge in [-0.05, 0) is 57.3 Å². The highest BCUT2D eigenvalue weighted by atomic mass is 127. The van der Waals surface area contributed by atoms with Crippen LogP contribution in [0.2, 0.25) is 0 Å². The number of rotatable bonds is 11. The summed E-state index contributed by atoms with van der Waals surface area (Å²) in [5, 5.41) is 6.62. The molecule has 0 aromatic heterocycles. The standard InChI is InChI=1S/C24H35FN4O2.HI/c1-6-26-24(27-15-19-8-10-22(25)21(14-19)17-29(3)4)28-16-20-9-7-18(2)13-23(20)31-12-11-30-5;/h7-10,13-14H,6,11-12,15-17H2,1-5H3,(H2,26,27,28);1H. The van der Waals surface area contributed by atoms with Gasteiger partial charge in [0.1, 0.15) is 18.2 Å². The topological polar surface area (TPSA) is 58.1 Å².